The standard InChI is InChI=1S/C49H29NS/c1-2-12-30(13-3-1)31-22-24-34-33-14-4-8-18-39(33)49(41(34)28-31)40-26-27-46-48(38-17-7-11-21-45(38)51-46)47(40)37-25-23-32(29-42(37)49)50-43-19-9-5-15-35(43)36-16-6-10-20-44(36)50/h1-29H. The van der Waals surface area contributed by atoms with E-state index in [0.29, 0.717) is 0 Å². The number of benzene rings is 8. The molecule has 236 valence electrons. The molecule has 2 aliphatic rings. The zero-order valence-corrected chi connectivity index (χ0v) is 28.4. The lowest BCUT2D eigenvalue weighted by Crippen LogP contribution is -2.26. The molecule has 0 aliphatic heterocycles. The molecule has 12 rings (SSSR count). The van der Waals surface area contributed by atoms with Gasteiger partial charge in [0.25, 0.3) is 0 Å². The molecule has 2 aromatic heterocycles. The average molecular weight is 664 g/mol. The van der Waals surface area contributed by atoms with Crippen molar-refractivity contribution in [2.75, 3.05) is 0 Å². The monoisotopic (exact) mass is 663 g/mol. The van der Waals surface area contributed by atoms with Gasteiger partial charge < -0.3 is 4.57 Å². The van der Waals surface area contributed by atoms with Gasteiger partial charge in [-0.15, -0.1) is 11.3 Å². The third kappa shape index (κ3) is 3.45. The maximum atomic E-state index is 2.52. The Hall–Kier alpha value is -6.22. The van der Waals surface area contributed by atoms with Crippen LogP contribution in [0.5, 0.6) is 0 Å². The van der Waals surface area contributed by atoms with Crippen LogP contribution in [0, 0.1) is 0 Å². The molecular weight excluding hydrogens is 635 g/mol. The van der Waals surface area contributed by atoms with E-state index in [2.05, 4.69) is 180 Å². The van der Waals surface area contributed by atoms with Gasteiger partial charge in [-0.3, -0.25) is 0 Å². The molecule has 0 radical (unpaired) electrons. The minimum absolute atomic E-state index is 0.479. The number of fused-ring (bicyclic) bond motifs is 17. The Kier molecular flexibility index (Phi) is 5.38. The summed E-state index contributed by atoms with van der Waals surface area (Å²) in [4.78, 5) is 0. The van der Waals surface area contributed by atoms with Gasteiger partial charge in [0, 0.05) is 36.6 Å². The number of rotatable bonds is 2. The van der Waals surface area contributed by atoms with Gasteiger partial charge in [0.2, 0.25) is 0 Å². The third-order valence-electron chi connectivity index (χ3n) is 11.6. The molecule has 1 atom stereocenters. The highest BCUT2D eigenvalue weighted by molar-refractivity contribution is 7.26. The topological polar surface area (TPSA) is 4.93 Å². The van der Waals surface area contributed by atoms with Crippen LogP contribution >= 0.6 is 11.3 Å². The molecule has 51 heavy (non-hydrogen) atoms. The maximum absolute atomic E-state index is 2.52. The van der Waals surface area contributed by atoms with E-state index in [1.165, 1.54) is 103 Å². The summed E-state index contributed by atoms with van der Waals surface area (Å²) in [7, 11) is 0. The molecule has 10 aromatic rings. The van der Waals surface area contributed by atoms with Crippen molar-refractivity contribution in [1.29, 1.82) is 0 Å². The van der Waals surface area contributed by atoms with Crippen molar-refractivity contribution in [2.45, 2.75) is 5.41 Å². The van der Waals surface area contributed by atoms with Crippen molar-refractivity contribution in [1.82, 2.24) is 4.57 Å². The highest BCUT2D eigenvalue weighted by atomic mass is 32.1. The van der Waals surface area contributed by atoms with Gasteiger partial charge in [0.05, 0.1) is 16.4 Å². The van der Waals surface area contributed by atoms with Gasteiger partial charge in [0.1, 0.15) is 0 Å². The first-order valence-corrected chi connectivity index (χ1v) is 18.5. The second kappa shape index (κ2) is 9.94. The number of aromatic nitrogens is 1. The van der Waals surface area contributed by atoms with E-state index in [1.807, 2.05) is 11.3 Å². The molecule has 0 bridgehead atoms. The van der Waals surface area contributed by atoms with Crippen LogP contribution in [0.4, 0.5) is 0 Å². The smallest absolute Gasteiger partial charge is 0.0726 e. The molecule has 8 aromatic carbocycles. The number of hydrogen-bond donors (Lipinski definition) is 0. The Labute approximate surface area is 299 Å². The molecule has 0 N–H and O–H groups in total. The van der Waals surface area contributed by atoms with Crippen molar-refractivity contribution in [2.24, 2.45) is 0 Å². The van der Waals surface area contributed by atoms with Crippen LogP contribution in [-0.2, 0) is 5.41 Å². The SMILES string of the molecule is c1ccc(-c2ccc3c(c2)C2(c4ccccc4-3)c3cc(-n4c5ccccc5c5ccccc54)ccc3-c3c2ccc2sc4ccccc4c32)cc1. The predicted molar refractivity (Wildman–Crippen MR) is 215 cm³/mol. The highest BCUT2D eigenvalue weighted by Crippen LogP contribution is 2.65. The van der Waals surface area contributed by atoms with Crippen molar-refractivity contribution >= 4 is 53.3 Å². The third-order valence-corrected chi connectivity index (χ3v) is 12.8. The summed E-state index contributed by atoms with van der Waals surface area (Å²) in [6, 6.07) is 65.9. The second-order valence-electron chi connectivity index (χ2n) is 14.0. The summed E-state index contributed by atoms with van der Waals surface area (Å²) in [6.45, 7) is 0. The largest absolute Gasteiger partial charge is 0.309 e. The lowest BCUT2D eigenvalue weighted by atomic mass is 9.70. The van der Waals surface area contributed by atoms with Gasteiger partial charge >= 0.3 is 0 Å². The van der Waals surface area contributed by atoms with Crippen LogP contribution in [0.2, 0.25) is 0 Å². The normalized spacial score (nSPS) is 15.5. The summed E-state index contributed by atoms with van der Waals surface area (Å²) >= 11 is 1.90. The van der Waals surface area contributed by atoms with Gasteiger partial charge in [-0.2, -0.15) is 0 Å². The first-order valence-electron chi connectivity index (χ1n) is 17.7. The summed E-state index contributed by atoms with van der Waals surface area (Å²) in [5, 5.41) is 5.28. The van der Waals surface area contributed by atoms with Crippen LogP contribution in [0.3, 0.4) is 0 Å². The molecule has 0 fully saturated rings. The average Bonchev–Trinajstić information content (AvgIpc) is 3.91. The molecule has 2 heteroatoms. The lowest BCUT2D eigenvalue weighted by molar-refractivity contribution is 0.793. The van der Waals surface area contributed by atoms with E-state index >= 15 is 0 Å². The Morgan fingerprint density at radius 2 is 1.04 bits per heavy atom. The van der Waals surface area contributed by atoms with Crippen molar-refractivity contribution in [3.05, 3.63) is 198 Å². The fourth-order valence-corrected chi connectivity index (χ4v) is 10.7. The van der Waals surface area contributed by atoms with Gasteiger partial charge in [0.15, 0.2) is 0 Å². The zero-order valence-electron chi connectivity index (χ0n) is 27.6. The quantitative estimate of drug-likeness (QED) is 0.173. The lowest BCUT2D eigenvalue weighted by Gasteiger charge is -2.31. The number of nitrogens with zero attached hydrogens (tertiary/aromatic N) is 1. The van der Waals surface area contributed by atoms with Crippen molar-refractivity contribution in [3.8, 4) is 39.1 Å². The summed E-state index contributed by atoms with van der Waals surface area (Å²) in [6.07, 6.45) is 0. The Bertz CT molecular complexity index is 3030. The zero-order chi connectivity index (χ0) is 33.3. The van der Waals surface area contributed by atoms with Crippen LogP contribution in [-0.4, -0.2) is 4.57 Å². The molecule has 1 spiro atoms. The summed E-state index contributed by atoms with van der Waals surface area (Å²) in [5.74, 6) is 0. The van der Waals surface area contributed by atoms with E-state index in [4.69, 9.17) is 0 Å². The first-order chi connectivity index (χ1) is 25.3. The Balaban J connectivity index is 1.26. The van der Waals surface area contributed by atoms with Gasteiger partial charge in [-0.1, -0.05) is 133 Å². The van der Waals surface area contributed by atoms with Crippen LogP contribution < -0.4 is 0 Å². The number of para-hydroxylation sites is 2. The molecule has 0 saturated carbocycles. The van der Waals surface area contributed by atoms with Crippen LogP contribution in [0.15, 0.2) is 176 Å². The first kappa shape index (κ1) is 27.6. The summed E-state index contributed by atoms with van der Waals surface area (Å²) in [5.41, 5.74) is 16.5. The molecule has 0 saturated heterocycles. The molecule has 2 heterocycles. The Morgan fingerprint density at radius 1 is 0.392 bits per heavy atom. The van der Waals surface area contributed by atoms with Crippen LogP contribution in [0.25, 0.3) is 81.0 Å². The second-order valence-corrected chi connectivity index (χ2v) is 15.1. The van der Waals surface area contributed by atoms with E-state index in [1.54, 1.807) is 0 Å². The number of hydrogen-bond acceptors (Lipinski definition) is 1. The molecule has 1 unspecified atom stereocenters. The minimum Gasteiger partial charge on any atom is -0.309 e. The molecule has 1 nitrogen and oxygen atoms in total. The fraction of sp³-hybridized carbons (Fsp3) is 0.0204. The summed E-state index contributed by atoms with van der Waals surface area (Å²) < 4.78 is 5.15. The van der Waals surface area contributed by atoms with E-state index < -0.39 is 5.41 Å². The number of thiophene rings is 1. The van der Waals surface area contributed by atoms with E-state index in [-0.39, 0.29) is 0 Å². The minimum atomic E-state index is -0.479. The highest BCUT2D eigenvalue weighted by Gasteiger charge is 2.52. The van der Waals surface area contributed by atoms with E-state index in [0.717, 1.165) is 0 Å². The predicted octanol–water partition coefficient (Wildman–Crippen LogP) is 13.2. The Morgan fingerprint density at radius 3 is 1.86 bits per heavy atom. The molecule has 0 amide bonds. The van der Waals surface area contributed by atoms with Crippen LogP contribution in [0.1, 0.15) is 22.3 Å². The van der Waals surface area contributed by atoms with Gasteiger partial charge in [-0.25, -0.2) is 0 Å². The molecular formula is C49H29NS. The molecule has 2 aliphatic carbocycles. The van der Waals surface area contributed by atoms with Gasteiger partial charge in [-0.05, 0) is 98.1 Å². The van der Waals surface area contributed by atoms with E-state index in [9.17, 15) is 0 Å². The van der Waals surface area contributed by atoms with Crippen molar-refractivity contribution in [3.63, 3.8) is 0 Å². The fourth-order valence-electron chi connectivity index (χ4n) is 9.62. The maximum Gasteiger partial charge on any atom is 0.0726 e. The van der Waals surface area contributed by atoms with Crippen molar-refractivity contribution < 1.29 is 0 Å².